The highest BCUT2D eigenvalue weighted by Gasteiger charge is 2.62. The summed E-state index contributed by atoms with van der Waals surface area (Å²) >= 11 is 0. The van der Waals surface area contributed by atoms with Crippen LogP contribution in [0.1, 0.15) is 47.5 Å². The molecule has 1 heterocycles. The minimum atomic E-state index is -1.33. The molecular weight excluding hydrogens is 320 g/mol. The van der Waals surface area contributed by atoms with Crippen LogP contribution < -0.4 is 0 Å². The fourth-order valence-corrected chi connectivity index (χ4v) is 4.20. The Morgan fingerprint density at radius 2 is 2.04 bits per heavy atom. The van der Waals surface area contributed by atoms with Gasteiger partial charge >= 0.3 is 11.9 Å². The number of ether oxygens (including phenoxy) is 2. The predicted molar refractivity (Wildman–Crippen MR) is 91.5 cm³/mol. The Bertz CT molecular complexity index is 756. The molecule has 1 aliphatic heterocycles. The quantitative estimate of drug-likeness (QED) is 0.569. The fraction of sp³-hybridized carbons (Fsp3) is 0.550. The molecule has 2 aliphatic carbocycles. The van der Waals surface area contributed by atoms with E-state index in [2.05, 4.69) is 6.92 Å². The Kier molecular flexibility index (Phi) is 4.01. The van der Waals surface area contributed by atoms with Crippen LogP contribution in [0.5, 0.6) is 0 Å². The lowest BCUT2D eigenvalue weighted by Gasteiger charge is -2.44. The van der Waals surface area contributed by atoms with Crippen molar-refractivity contribution in [2.24, 2.45) is 11.3 Å². The minimum Gasteiger partial charge on any atom is -0.454 e. The Labute approximate surface area is 147 Å². The van der Waals surface area contributed by atoms with Crippen molar-refractivity contribution in [1.82, 2.24) is 0 Å². The average Bonchev–Trinajstić information content (AvgIpc) is 2.81. The second-order valence-corrected chi connectivity index (χ2v) is 7.59. The summed E-state index contributed by atoms with van der Waals surface area (Å²) in [6, 6.07) is 0. The SMILES string of the molecule is C/C=C(\C)C(=O)OC1(C)C(=O)OC2C3=C(C)C(=O)C=CC3(C)CCC21. The summed E-state index contributed by atoms with van der Waals surface area (Å²) in [6.07, 6.45) is 6.10. The Hall–Kier alpha value is -2.17. The van der Waals surface area contributed by atoms with Gasteiger partial charge in [-0.05, 0) is 52.2 Å². The monoisotopic (exact) mass is 344 g/mol. The molecule has 0 aromatic heterocycles. The van der Waals surface area contributed by atoms with Gasteiger partial charge in [0.2, 0.25) is 5.60 Å². The van der Waals surface area contributed by atoms with Crippen LogP contribution in [0, 0.1) is 11.3 Å². The van der Waals surface area contributed by atoms with E-state index in [1.165, 1.54) is 0 Å². The first kappa shape index (κ1) is 17.6. The number of carbonyl (C=O) groups excluding carboxylic acids is 3. The third-order valence-electron chi connectivity index (χ3n) is 6.02. The van der Waals surface area contributed by atoms with Crippen molar-refractivity contribution >= 4 is 17.7 Å². The number of ketones is 1. The van der Waals surface area contributed by atoms with E-state index >= 15 is 0 Å². The molecule has 134 valence electrons. The summed E-state index contributed by atoms with van der Waals surface area (Å²) in [5.74, 6) is -1.39. The summed E-state index contributed by atoms with van der Waals surface area (Å²) in [4.78, 5) is 37.0. The molecule has 1 saturated heterocycles. The van der Waals surface area contributed by atoms with Gasteiger partial charge in [-0.1, -0.05) is 19.1 Å². The van der Waals surface area contributed by atoms with Gasteiger partial charge in [0, 0.05) is 16.6 Å². The van der Waals surface area contributed by atoms with Crippen molar-refractivity contribution in [1.29, 1.82) is 0 Å². The maximum Gasteiger partial charge on any atom is 0.351 e. The van der Waals surface area contributed by atoms with Gasteiger partial charge in [-0.3, -0.25) is 4.79 Å². The van der Waals surface area contributed by atoms with Gasteiger partial charge in [-0.15, -0.1) is 0 Å². The van der Waals surface area contributed by atoms with Gasteiger partial charge in [0.1, 0.15) is 6.10 Å². The highest BCUT2D eigenvalue weighted by atomic mass is 16.6. The van der Waals surface area contributed by atoms with Gasteiger partial charge in [0.05, 0.1) is 5.92 Å². The lowest BCUT2D eigenvalue weighted by atomic mass is 9.61. The molecule has 2 fully saturated rings. The zero-order valence-electron chi connectivity index (χ0n) is 15.3. The Balaban J connectivity index is 1.99. The highest BCUT2D eigenvalue weighted by Crippen LogP contribution is 2.54. The molecule has 0 aromatic rings. The lowest BCUT2D eigenvalue weighted by Crippen LogP contribution is -2.48. The zero-order chi connectivity index (χ0) is 18.6. The van der Waals surface area contributed by atoms with Crippen molar-refractivity contribution in [3.05, 3.63) is 34.9 Å². The summed E-state index contributed by atoms with van der Waals surface area (Å²) in [5.41, 5.74) is 0.308. The van der Waals surface area contributed by atoms with Crippen LogP contribution in [0.4, 0.5) is 0 Å². The molecule has 3 rings (SSSR count). The summed E-state index contributed by atoms with van der Waals surface area (Å²) in [6.45, 7) is 8.86. The Morgan fingerprint density at radius 1 is 1.36 bits per heavy atom. The van der Waals surface area contributed by atoms with E-state index in [0.29, 0.717) is 17.6 Å². The first-order valence-corrected chi connectivity index (χ1v) is 8.66. The maximum absolute atomic E-state index is 12.6. The first-order valence-electron chi connectivity index (χ1n) is 8.66. The molecule has 0 bridgehead atoms. The molecule has 25 heavy (non-hydrogen) atoms. The van der Waals surface area contributed by atoms with Crippen molar-refractivity contribution < 1.29 is 23.9 Å². The average molecular weight is 344 g/mol. The number of hydrogen-bond donors (Lipinski definition) is 0. The number of fused-ring (bicyclic) bond motifs is 3. The van der Waals surface area contributed by atoms with Crippen LogP contribution in [0.25, 0.3) is 0 Å². The number of hydrogen-bond acceptors (Lipinski definition) is 5. The number of esters is 2. The highest BCUT2D eigenvalue weighted by molar-refractivity contribution is 6.06. The molecule has 1 saturated carbocycles. The maximum atomic E-state index is 12.6. The molecule has 4 atom stereocenters. The molecule has 0 aromatic carbocycles. The number of rotatable bonds is 2. The van der Waals surface area contributed by atoms with Gasteiger partial charge < -0.3 is 9.47 Å². The molecule has 0 amide bonds. The van der Waals surface area contributed by atoms with Crippen molar-refractivity contribution in [3.63, 3.8) is 0 Å². The van der Waals surface area contributed by atoms with E-state index in [9.17, 15) is 14.4 Å². The summed E-state index contributed by atoms with van der Waals surface area (Å²) in [7, 11) is 0. The molecule has 0 radical (unpaired) electrons. The Morgan fingerprint density at radius 3 is 2.68 bits per heavy atom. The van der Waals surface area contributed by atoms with Crippen molar-refractivity contribution in [2.75, 3.05) is 0 Å². The normalized spacial score (nSPS) is 37.6. The smallest absolute Gasteiger partial charge is 0.351 e. The topological polar surface area (TPSA) is 69.7 Å². The fourth-order valence-electron chi connectivity index (χ4n) is 4.20. The summed E-state index contributed by atoms with van der Waals surface area (Å²) in [5, 5.41) is 0. The number of carbonyl (C=O) groups is 3. The first-order chi connectivity index (χ1) is 11.6. The zero-order valence-corrected chi connectivity index (χ0v) is 15.3. The van der Waals surface area contributed by atoms with Gasteiger partial charge in [0.25, 0.3) is 0 Å². The van der Waals surface area contributed by atoms with Crippen LogP contribution in [-0.2, 0) is 23.9 Å². The molecular formula is C20H24O5. The van der Waals surface area contributed by atoms with Crippen molar-refractivity contribution in [2.45, 2.75) is 59.2 Å². The minimum absolute atomic E-state index is 0.0560. The predicted octanol–water partition coefficient (Wildman–Crippen LogP) is 3.05. The van der Waals surface area contributed by atoms with Crippen LogP contribution in [0.2, 0.25) is 0 Å². The van der Waals surface area contributed by atoms with E-state index in [-0.39, 0.29) is 17.1 Å². The third-order valence-corrected chi connectivity index (χ3v) is 6.02. The standard InChI is InChI=1S/C20H24O5/c1-6-11(2)17(22)25-20(5)13-7-9-19(4)10-8-14(21)12(3)15(19)16(13)24-18(20)23/h6,8,10,13,16H,7,9H2,1-5H3/b11-6+. The van der Waals surface area contributed by atoms with E-state index in [1.54, 1.807) is 39.8 Å². The molecule has 0 spiro atoms. The summed E-state index contributed by atoms with van der Waals surface area (Å²) < 4.78 is 11.3. The molecule has 0 N–H and O–H groups in total. The van der Waals surface area contributed by atoms with Crippen molar-refractivity contribution in [3.8, 4) is 0 Å². The molecule has 5 heteroatoms. The van der Waals surface area contributed by atoms with E-state index < -0.39 is 23.6 Å². The van der Waals surface area contributed by atoms with E-state index in [4.69, 9.17) is 9.47 Å². The van der Waals surface area contributed by atoms with Gasteiger partial charge in [0.15, 0.2) is 5.78 Å². The second kappa shape index (κ2) is 5.68. The second-order valence-electron chi connectivity index (χ2n) is 7.59. The van der Waals surface area contributed by atoms with Gasteiger partial charge in [-0.2, -0.15) is 0 Å². The molecule has 3 aliphatic rings. The largest absolute Gasteiger partial charge is 0.454 e. The van der Waals surface area contributed by atoms with Crippen LogP contribution in [0.3, 0.4) is 0 Å². The van der Waals surface area contributed by atoms with E-state index in [0.717, 1.165) is 12.0 Å². The van der Waals surface area contributed by atoms with E-state index in [1.807, 2.05) is 6.08 Å². The molecule has 4 unspecified atom stereocenters. The lowest BCUT2D eigenvalue weighted by molar-refractivity contribution is -0.170. The van der Waals surface area contributed by atoms with Gasteiger partial charge in [-0.25, -0.2) is 9.59 Å². The number of allylic oxidation sites excluding steroid dienone is 4. The van der Waals surface area contributed by atoms with Crippen LogP contribution in [0.15, 0.2) is 34.9 Å². The van der Waals surface area contributed by atoms with Crippen LogP contribution in [-0.4, -0.2) is 29.4 Å². The third kappa shape index (κ3) is 2.48. The molecule has 5 nitrogen and oxygen atoms in total. The van der Waals surface area contributed by atoms with Crippen LogP contribution >= 0.6 is 0 Å².